The molecule has 1 fully saturated rings. The molecule has 28 heavy (non-hydrogen) atoms. The van der Waals surface area contributed by atoms with Crippen LogP contribution in [0.1, 0.15) is 53.9 Å². The van der Waals surface area contributed by atoms with E-state index in [1.54, 1.807) is 18.3 Å². The number of carbonyl (C=O) groups is 2. The average molecular weight is 375 g/mol. The smallest absolute Gasteiger partial charge is 0.335 e. The second kappa shape index (κ2) is 6.48. The number of carboxylic acid groups (broad SMARTS) is 1. The lowest BCUT2D eigenvalue weighted by Crippen LogP contribution is -2.16. The van der Waals surface area contributed by atoms with Gasteiger partial charge in [-0.25, -0.2) is 4.79 Å². The zero-order valence-electron chi connectivity index (χ0n) is 15.4. The monoisotopic (exact) mass is 375 g/mol. The van der Waals surface area contributed by atoms with E-state index in [2.05, 4.69) is 10.3 Å². The van der Waals surface area contributed by atoms with Crippen LogP contribution in [0.3, 0.4) is 0 Å². The van der Waals surface area contributed by atoms with Crippen molar-refractivity contribution in [2.45, 2.75) is 44.6 Å². The Morgan fingerprint density at radius 3 is 2.79 bits per heavy atom. The van der Waals surface area contributed by atoms with Crippen LogP contribution in [-0.4, -0.2) is 26.5 Å². The summed E-state index contributed by atoms with van der Waals surface area (Å²) >= 11 is 0. The number of aromatic carboxylic acids is 1. The molecule has 1 amide bonds. The zero-order chi connectivity index (χ0) is 19.3. The number of aromatic nitrogens is 2. The lowest BCUT2D eigenvalue weighted by molar-refractivity contribution is -0.116. The summed E-state index contributed by atoms with van der Waals surface area (Å²) in [5, 5.41) is 13.5. The lowest BCUT2D eigenvalue weighted by Gasteiger charge is -2.23. The van der Waals surface area contributed by atoms with E-state index < -0.39 is 5.97 Å². The standard InChI is InChI=1S/C22H21N3O3/c26-18-12-25-17-11-14(22(27)28)8-9-15(17)19(13-5-2-1-3-6-13)21(25)20-16(24-18)7-4-10-23-20/h4,7-11,13H,1-3,5-6,12H2,(H,24,26)(H,27,28). The summed E-state index contributed by atoms with van der Waals surface area (Å²) < 4.78 is 1.96. The summed E-state index contributed by atoms with van der Waals surface area (Å²) in [6, 6.07) is 8.96. The van der Waals surface area contributed by atoms with Crippen LogP contribution in [0.15, 0.2) is 36.5 Å². The van der Waals surface area contributed by atoms with Gasteiger partial charge in [-0.1, -0.05) is 25.3 Å². The van der Waals surface area contributed by atoms with Gasteiger partial charge in [-0.3, -0.25) is 9.78 Å². The first-order chi connectivity index (χ1) is 13.6. The number of rotatable bonds is 2. The number of hydrogen-bond donors (Lipinski definition) is 2. The Morgan fingerprint density at radius 2 is 2.00 bits per heavy atom. The molecule has 0 radical (unpaired) electrons. The van der Waals surface area contributed by atoms with Crippen molar-refractivity contribution in [1.29, 1.82) is 0 Å². The van der Waals surface area contributed by atoms with Gasteiger partial charge in [0.15, 0.2) is 0 Å². The SMILES string of the molecule is O=C1Cn2c(c(C3CCCCC3)c3ccc(C(=O)O)cc32)-c2ncccc2N1. The summed E-state index contributed by atoms with van der Waals surface area (Å²) in [4.78, 5) is 28.7. The number of pyridine rings is 1. The third-order valence-corrected chi connectivity index (χ3v) is 5.97. The molecule has 2 aliphatic rings. The van der Waals surface area contributed by atoms with Crippen LogP contribution in [-0.2, 0) is 11.3 Å². The predicted molar refractivity (Wildman–Crippen MR) is 107 cm³/mol. The minimum Gasteiger partial charge on any atom is -0.478 e. The van der Waals surface area contributed by atoms with Gasteiger partial charge < -0.3 is 15.0 Å². The molecular weight excluding hydrogens is 354 g/mol. The highest BCUT2D eigenvalue weighted by atomic mass is 16.4. The Balaban J connectivity index is 1.87. The van der Waals surface area contributed by atoms with Crippen molar-refractivity contribution in [2.24, 2.45) is 0 Å². The van der Waals surface area contributed by atoms with E-state index in [0.717, 1.165) is 35.1 Å². The van der Waals surface area contributed by atoms with Gasteiger partial charge in [-0.05, 0) is 48.6 Å². The van der Waals surface area contributed by atoms with Crippen LogP contribution in [0.2, 0.25) is 0 Å². The Hall–Kier alpha value is -3.15. The quantitative estimate of drug-likeness (QED) is 0.695. The first-order valence-electron chi connectivity index (χ1n) is 9.78. The van der Waals surface area contributed by atoms with Crippen LogP contribution in [0.25, 0.3) is 22.3 Å². The number of carboxylic acids is 1. The van der Waals surface area contributed by atoms with Gasteiger partial charge in [0.2, 0.25) is 5.91 Å². The van der Waals surface area contributed by atoms with Crippen molar-refractivity contribution in [3.05, 3.63) is 47.7 Å². The zero-order valence-corrected chi connectivity index (χ0v) is 15.4. The summed E-state index contributed by atoms with van der Waals surface area (Å²) in [5.74, 6) is -0.694. The third kappa shape index (κ3) is 2.59. The van der Waals surface area contributed by atoms with Crippen molar-refractivity contribution in [2.75, 3.05) is 5.32 Å². The molecule has 0 atom stereocenters. The summed E-state index contributed by atoms with van der Waals surface area (Å²) in [6.45, 7) is 0.151. The van der Waals surface area contributed by atoms with Crippen LogP contribution in [0.4, 0.5) is 5.69 Å². The molecule has 3 aromatic rings. The van der Waals surface area contributed by atoms with Crippen molar-refractivity contribution in [3.63, 3.8) is 0 Å². The van der Waals surface area contributed by atoms with Crippen molar-refractivity contribution in [1.82, 2.24) is 9.55 Å². The molecule has 0 unspecified atom stereocenters. The molecule has 1 aliphatic carbocycles. The first kappa shape index (κ1) is 17.0. The fourth-order valence-electron chi connectivity index (χ4n) is 4.76. The molecule has 0 spiro atoms. The van der Waals surface area contributed by atoms with Crippen LogP contribution in [0, 0.1) is 0 Å². The van der Waals surface area contributed by atoms with E-state index in [-0.39, 0.29) is 18.0 Å². The maximum absolute atomic E-state index is 12.6. The van der Waals surface area contributed by atoms with E-state index in [4.69, 9.17) is 0 Å². The molecule has 0 saturated heterocycles. The van der Waals surface area contributed by atoms with E-state index in [9.17, 15) is 14.7 Å². The number of nitrogens with one attached hydrogen (secondary N) is 1. The van der Waals surface area contributed by atoms with Crippen LogP contribution in [0.5, 0.6) is 0 Å². The number of anilines is 1. The minimum atomic E-state index is -0.965. The molecule has 0 bridgehead atoms. The summed E-state index contributed by atoms with van der Waals surface area (Å²) in [6.07, 6.45) is 7.59. The molecule has 3 heterocycles. The Kier molecular flexibility index (Phi) is 3.93. The van der Waals surface area contributed by atoms with Gasteiger partial charge in [-0.15, -0.1) is 0 Å². The Morgan fingerprint density at radius 1 is 1.18 bits per heavy atom. The van der Waals surface area contributed by atoms with Gasteiger partial charge in [-0.2, -0.15) is 0 Å². The second-order valence-corrected chi connectivity index (χ2v) is 7.67. The van der Waals surface area contributed by atoms with Gasteiger partial charge in [0.25, 0.3) is 0 Å². The minimum absolute atomic E-state index is 0.124. The molecule has 5 rings (SSSR count). The van der Waals surface area contributed by atoms with Gasteiger partial charge in [0, 0.05) is 11.6 Å². The Labute approximate surface area is 162 Å². The molecule has 1 aliphatic heterocycles. The van der Waals surface area contributed by atoms with Crippen LogP contribution >= 0.6 is 0 Å². The number of carbonyl (C=O) groups excluding carboxylic acids is 1. The topological polar surface area (TPSA) is 84.2 Å². The number of amides is 1. The highest BCUT2D eigenvalue weighted by Crippen LogP contribution is 2.45. The number of fused-ring (bicyclic) bond motifs is 5. The fraction of sp³-hybridized carbons (Fsp3) is 0.318. The van der Waals surface area contributed by atoms with E-state index in [0.29, 0.717) is 11.6 Å². The highest BCUT2D eigenvalue weighted by Gasteiger charge is 2.31. The molecular formula is C22H21N3O3. The number of nitrogens with zero attached hydrogens (tertiary/aromatic N) is 2. The predicted octanol–water partition coefficient (Wildman–Crippen LogP) is 4.40. The molecule has 2 N–H and O–H groups in total. The summed E-state index contributed by atoms with van der Waals surface area (Å²) in [5.41, 5.74) is 4.67. The second-order valence-electron chi connectivity index (χ2n) is 7.67. The van der Waals surface area contributed by atoms with Crippen molar-refractivity contribution < 1.29 is 14.7 Å². The number of benzene rings is 1. The maximum Gasteiger partial charge on any atom is 0.335 e. The van der Waals surface area contributed by atoms with Crippen molar-refractivity contribution in [3.8, 4) is 11.4 Å². The maximum atomic E-state index is 12.6. The fourth-order valence-corrected chi connectivity index (χ4v) is 4.76. The number of hydrogen-bond acceptors (Lipinski definition) is 3. The van der Waals surface area contributed by atoms with E-state index >= 15 is 0 Å². The van der Waals surface area contributed by atoms with Crippen LogP contribution < -0.4 is 5.32 Å². The summed E-state index contributed by atoms with van der Waals surface area (Å²) in [7, 11) is 0. The molecule has 1 saturated carbocycles. The molecule has 2 aromatic heterocycles. The van der Waals surface area contributed by atoms with E-state index in [1.807, 2.05) is 22.8 Å². The van der Waals surface area contributed by atoms with E-state index in [1.165, 1.54) is 24.8 Å². The van der Waals surface area contributed by atoms with Gasteiger partial charge >= 0.3 is 5.97 Å². The molecule has 6 heteroatoms. The highest BCUT2D eigenvalue weighted by molar-refractivity contribution is 6.03. The third-order valence-electron chi connectivity index (χ3n) is 5.97. The molecule has 142 valence electrons. The first-order valence-corrected chi connectivity index (χ1v) is 9.78. The lowest BCUT2D eigenvalue weighted by atomic mass is 9.82. The average Bonchev–Trinajstić information content (AvgIpc) is 2.93. The largest absolute Gasteiger partial charge is 0.478 e. The molecule has 6 nitrogen and oxygen atoms in total. The van der Waals surface area contributed by atoms with Crippen molar-refractivity contribution >= 4 is 28.5 Å². The van der Waals surface area contributed by atoms with Gasteiger partial charge in [0.1, 0.15) is 12.2 Å². The molecule has 1 aromatic carbocycles. The van der Waals surface area contributed by atoms with Gasteiger partial charge in [0.05, 0.1) is 22.5 Å². The Bertz CT molecular complexity index is 1110. The normalized spacial score (nSPS) is 16.9.